The second-order valence-electron chi connectivity index (χ2n) is 5.56. The summed E-state index contributed by atoms with van der Waals surface area (Å²) in [4.78, 5) is 14.3. The summed E-state index contributed by atoms with van der Waals surface area (Å²) < 4.78 is 0. The zero-order valence-electron chi connectivity index (χ0n) is 11.9. The van der Waals surface area contributed by atoms with Crippen LogP contribution in [0.3, 0.4) is 0 Å². The van der Waals surface area contributed by atoms with E-state index in [9.17, 15) is 4.79 Å². The fraction of sp³-hybridized carbons (Fsp3) is 0.467. The smallest absolute Gasteiger partial charge is 0.253 e. The molecule has 108 valence electrons. The molecule has 0 bridgehead atoms. The fourth-order valence-electron chi connectivity index (χ4n) is 2.47. The second kappa shape index (κ2) is 5.94. The quantitative estimate of drug-likeness (QED) is 0.374. The Morgan fingerprint density at radius 2 is 1.85 bits per heavy atom. The molecule has 3 N–H and O–H groups in total. The van der Waals surface area contributed by atoms with Gasteiger partial charge in [-0.1, -0.05) is 31.1 Å². The molecule has 0 aromatic heterocycles. The van der Waals surface area contributed by atoms with Crippen molar-refractivity contribution in [1.29, 1.82) is 0 Å². The Balaban J connectivity index is 2.10. The van der Waals surface area contributed by atoms with E-state index in [2.05, 4.69) is 19.0 Å². The van der Waals surface area contributed by atoms with Crippen molar-refractivity contribution in [3.05, 3.63) is 35.4 Å². The minimum Gasteiger partial charge on any atom is -0.409 e. The number of nitrogens with two attached hydrogens (primary N) is 1. The van der Waals surface area contributed by atoms with E-state index in [4.69, 9.17) is 10.9 Å². The number of carbonyl (C=O) groups excluding carboxylic acids is 1. The molecule has 5 nitrogen and oxygen atoms in total. The molecule has 1 fully saturated rings. The number of rotatable bonds is 2. The van der Waals surface area contributed by atoms with Gasteiger partial charge in [0.05, 0.1) is 0 Å². The lowest BCUT2D eigenvalue weighted by Gasteiger charge is -2.35. The Kier molecular flexibility index (Phi) is 4.27. The number of hydrogen-bond donors (Lipinski definition) is 2. The first kappa shape index (κ1) is 14.4. The van der Waals surface area contributed by atoms with E-state index in [1.807, 2.05) is 4.90 Å². The maximum Gasteiger partial charge on any atom is 0.253 e. The van der Waals surface area contributed by atoms with Gasteiger partial charge in [0, 0.05) is 24.2 Å². The molecule has 1 heterocycles. The van der Waals surface area contributed by atoms with Crippen molar-refractivity contribution in [2.45, 2.75) is 20.3 Å². The lowest BCUT2D eigenvalue weighted by molar-refractivity contribution is 0.0627. The largest absolute Gasteiger partial charge is 0.409 e. The highest BCUT2D eigenvalue weighted by Crippen LogP contribution is 2.23. The van der Waals surface area contributed by atoms with Gasteiger partial charge in [-0.3, -0.25) is 4.79 Å². The molecule has 1 amide bonds. The highest BCUT2D eigenvalue weighted by molar-refractivity contribution is 5.99. The summed E-state index contributed by atoms with van der Waals surface area (Å²) in [5.74, 6) is 1.30. The number of likely N-dealkylation sites (tertiary alicyclic amines) is 1. The third-order valence-corrected chi connectivity index (χ3v) is 4.16. The second-order valence-corrected chi connectivity index (χ2v) is 5.56. The van der Waals surface area contributed by atoms with Crippen molar-refractivity contribution in [2.75, 3.05) is 13.1 Å². The van der Waals surface area contributed by atoms with E-state index >= 15 is 0 Å². The van der Waals surface area contributed by atoms with Crippen LogP contribution in [0.1, 0.15) is 36.2 Å². The molecule has 0 spiro atoms. The predicted octanol–water partition coefficient (Wildman–Crippen LogP) is 1.90. The topological polar surface area (TPSA) is 78.9 Å². The fourth-order valence-corrected chi connectivity index (χ4v) is 2.47. The third-order valence-electron chi connectivity index (χ3n) is 4.16. The van der Waals surface area contributed by atoms with Gasteiger partial charge >= 0.3 is 0 Å². The Morgan fingerprint density at radius 3 is 2.40 bits per heavy atom. The highest BCUT2D eigenvalue weighted by Gasteiger charge is 2.26. The van der Waals surface area contributed by atoms with E-state index in [1.165, 1.54) is 0 Å². The van der Waals surface area contributed by atoms with Gasteiger partial charge < -0.3 is 15.8 Å². The molecule has 2 rings (SSSR count). The van der Waals surface area contributed by atoms with Gasteiger partial charge in [0.25, 0.3) is 5.91 Å². The van der Waals surface area contributed by atoms with Gasteiger partial charge in [0.15, 0.2) is 5.84 Å². The van der Waals surface area contributed by atoms with E-state index in [0.29, 0.717) is 23.0 Å². The van der Waals surface area contributed by atoms with E-state index in [1.54, 1.807) is 24.3 Å². The van der Waals surface area contributed by atoms with Crippen LogP contribution >= 0.6 is 0 Å². The molecule has 2 atom stereocenters. The predicted molar refractivity (Wildman–Crippen MR) is 77.8 cm³/mol. The Morgan fingerprint density at radius 1 is 1.25 bits per heavy atom. The van der Waals surface area contributed by atoms with Crippen LogP contribution in [0.5, 0.6) is 0 Å². The van der Waals surface area contributed by atoms with E-state index in [0.717, 1.165) is 19.5 Å². The van der Waals surface area contributed by atoms with E-state index < -0.39 is 0 Å². The summed E-state index contributed by atoms with van der Waals surface area (Å²) in [5, 5.41) is 11.6. The Labute approximate surface area is 119 Å². The summed E-state index contributed by atoms with van der Waals surface area (Å²) in [6.07, 6.45) is 1.05. The van der Waals surface area contributed by atoms with Crippen LogP contribution in [-0.2, 0) is 0 Å². The number of carbonyl (C=O) groups is 1. The van der Waals surface area contributed by atoms with Crippen molar-refractivity contribution in [1.82, 2.24) is 4.90 Å². The molecule has 1 aromatic rings. The lowest BCUT2D eigenvalue weighted by Crippen LogP contribution is -2.42. The maximum atomic E-state index is 12.4. The molecule has 1 aliphatic rings. The van der Waals surface area contributed by atoms with Gasteiger partial charge in [-0.2, -0.15) is 0 Å². The van der Waals surface area contributed by atoms with Crippen LogP contribution in [0.25, 0.3) is 0 Å². The van der Waals surface area contributed by atoms with Crippen molar-refractivity contribution in [3.63, 3.8) is 0 Å². The molecule has 5 heteroatoms. The molecule has 0 saturated carbocycles. The van der Waals surface area contributed by atoms with Crippen molar-refractivity contribution < 1.29 is 10.0 Å². The first-order valence-corrected chi connectivity index (χ1v) is 6.90. The summed E-state index contributed by atoms with van der Waals surface area (Å²) in [6.45, 7) is 6.04. The van der Waals surface area contributed by atoms with E-state index in [-0.39, 0.29) is 11.7 Å². The van der Waals surface area contributed by atoms with Crippen LogP contribution in [0.2, 0.25) is 0 Å². The van der Waals surface area contributed by atoms with Crippen molar-refractivity contribution in [3.8, 4) is 0 Å². The highest BCUT2D eigenvalue weighted by atomic mass is 16.4. The lowest BCUT2D eigenvalue weighted by atomic mass is 9.88. The summed E-state index contributed by atoms with van der Waals surface area (Å²) in [7, 11) is 0. The Hall–Kier alpha value is -2.04. The minimum atomic E-state index is 0.0458. The number of oxime groups is 1. The normalized spacial score (nSPS) is 23.7. The van der Waals surface area contributed by atoms with Crippen molar-refractivity contribution >= 4 is 11.7 Å². The molecule has 0 aliphatic carbocycles. The van der Waals surface area contributed by atoms with Gasteiger partial charge in [0.1, 0.15) is 0 Å². The summed E-state index contributed by atoms with van der Waals surface area (Å²) >= 11 is 0. The number of hydrogen-bond acceptors (Lipinski definition) is 3. The van der Waals surface area contributed by atoms with Gasteiger partial charge in [-0.25, -0.2) is 0 Å². The molecular formula is C15H21N3O2. The SMILES string of the molecule is CC1CCN(C(=O)c2ccc(/C(N)=N/O)cc2)CC1C. The zero-order valence-corrected chi connectivity index (χ0v) is 11.9. The number of benzene rings is 1. The van der Waals surface area contributed by atoms with Crippen LogP contribution in [0.15, 0.2) is 29.4 Å². The first-order chi connectivity index (χ1) is 9.52. The van der Waals surface area contributed by atoms with Crippen LogP contribution in [0, 0.1) is 11.8 Å². The molecule has 1 saturated heterocycles. The average Bonchev–Trinajstić information content (AvgIpc) is 2.48. The van der Waals surface area contributed by atoms with Gasteiger partial charge in [0.2, 0.25) is 0 Å². The van der Waals surface area contributed by atoms with Crippen LogP contribution in [0.4, 0.5) is 0 Å². The third kappa shape index (κ3) is 2.92. The maximum absolute atomic E-state index is 12.4. The molecule has 1 aliphatic heterocycles. The zero-order chi connectivity index (χ0) is 14.7. The molecule has 20 heavy (non-hydrogen) atoms. The van der Waals surface area contributed by atoms with Crippen molar-refractivity contribution in [2.24, 2.45) is 22.7 Å². The van der Waals surface area contributed by atoms with Crippen LogP contribution in [-0.4, -0.2) is 34.9 Å². The molecule has 1 aromatic carbocycles. The number of piperidine rings is 1. The summed E-state index contributed by atoms with van der Waals surface area (Å²) in [6, 6.07) is 6.83. The number of amidine groups is 1. The Bertz CT molecular complexity index is 510. The molecular weight excluding hydrogens is 254 g/mol. The van der Waals surface area contributed by atoms with Gasteiger partial charge in [-0.15, -0.1) is 0 Å². The molecule has 0 radical (unpaired) electrons. The minimum absolute atomic E-state index is 0.0458. The average molecular weight is 275 g/mol. The number of nitrogens with zero attached hydrogens (tertiary/aromatic N) is 2. The first-order valence-electron chi connectivity index (χ1n) is 6.90. The standard InChI is InChI=1S/C15H21N3O2/c1-10-7-8-18(9-11(10)2)15(19)13-5-3-12(4-6-13)14(16)17-20/h3-6,10-11,20H,7-9H2,1-2H3,(H2,16,17). The van der Waals surface area contributed by atoms with Crippen LogP contribution < -0.4 is 5.73 Å². The molecule has 2 unspecified atom stereocenters. The number of amides is 1. The monoisotopic (exact) mass is 275 g/mol. The van der Waals surface area contributed by atoms with Gasteiger partial charge in [-0.05, 0) is 30.4 Å². The summed E-state index contributed by atoms with van der Waals surface area (Å²) in [5.41, 5.74) is 6.74.